The second-order valence-electron chi connectivity index (χ2n) is 38.5. The van der Waals surface area contributed by atoms with Gasteiger partial charge in [-0.2, -0.15) is 16.6 Å². The predicted molar refractivity (Wildman–Crippen MR) is 575 cm³/mol. The first-order valence-electron chi connectivity index (χ1n) is 49.9. The summed E-state index contributed by atoms with van der Waals surface area (Å²) in [6, 6.07) is 41.3. The lowest BCUT2D eigenvalue weighted by Gasteiger charge is -2.31. The Morgan fingerprint density at radius 1 is 0.453 bits per heavy atom. The molecule has 0 spiro atoms. The number of hydrogen-bond acceptors (Lipinski definition) is 27. The number of hydrogen-bond donors (Lipinski definition) is 8. The maximum atomic E-state index is 12.8. The van der Waals surface area contributed by atoms with Crippen LogP contribution in [-0.4, -0.2) is 158 Å². The number of likely N-dealkylation sites (tertiary alicyclic amines) is 1. The van der Waals surface area contributed by atoms with E-state index < -0.39 is 0 Å². The summed E-state index contributed by atoms with van der Waals surface area (Å²) >= 11 is 5.19. The quantitative estimate of drug-likeness (QED) is 0.0349. The molecule has 0 unspecified atom stereocenters. The second-order valence-corrected chi connectivity index (χ2v) is 40.1. The van der Waals surface area contributed by atoms with Crippen molar-refractivity contribution in [2.75, 3.05) is 77.3 Å². The highest BCUT2D eigenvalue weighted by atomic mass is 79.9. The predicted octanol–water partition coefficient (Wildman–Crippen LogP) is 22.5. The van der Waals surface area contributed by atoms with Crippen molar-refractivity contribution in [3.8, 4) is 86.1 Å². The van der Waals surface area contributed by atoms with Gasteiger partial charge in [0.15, 0.2) is 34.2 Å². The van der Waals surface area contributed by atoms with Gasteiger partial charge in [-0.3, -0.25) is 26.8 Å². The van der Waals surface area contributed by atoms with Gasteiger partial charge in [0.2, 0.25) is 0 Å². The van der Waals surface area contributed by atoms with E-state index in [-0.39, 0.29) is 29.5 Å². The molecule has 752 valence electrons. The molecule has 4 aliphatic carbocycles. The number of nitrogens with two attached hydrogens (primary N) is 5. The van der Waals surface area contributed by atoms with Crippen molar-refractivity contribution in [3.63, 3.8) is 0 Å². The van der Waals surface area contributed by atoms with Crippen LogP contribution < -0.4 is 47.6 Å². The third-order valence-corrected chi connectivity index (χ3v) is 31.2. The molecule has 4 saturated carbocycles. The third-order valence-electron chi connectivity index (χ3n) is 29.8. The lowest BCUT2D eigenvalue weighted by Crippen LogP contribution is -2.38. The molecule has 1 saturated heterocycles. The number of nitrogens with zero attached hydrogens (tertiary/aromatic N) is 17. The number of benzene rings is 5. The number of halogens is 1. The van der Waals surface area contributed by atoms with Gasteiger partial charge in [-0.15, -0.1) is 0 Å². The van der Waals surface area contributed by atoms with E-state index in [0.717, 1.165) is 258 Å². The summed E-state index contributed by atoms with van der Waals surface area (Å²) in [5.41, 5.74) is 47.0. The molecule has 5 aromatic carbocycles. The number of fused-ring (bicyclic) bond motifs is 10. The number of nitriles is 1. The molecule has 13 N–H and O–H groups in total. The number of aromatic amines is 3. The minimum absolute atomic E-state index is 0.0954. The van der Waals surface area contributed by atoms with E-state index in [9.17, 15) is 19.6 Å². The number of carbonyl (C=O) groups excluding carboxylic acids is 3. The van der Waals surface area contributed by atoms with Crippen LogP contribution in [0.5, 0.6) is 23.0 Å². The molecule has 1 aliphatic heterocycles. The molecule has 0 bridgehead atoms. The molecule has 35 nitrogen and oxygen atoms in total. The first-order valence-corrected chi connectivity index (χ1v) is 51.6. The van der Waals surface area contributed by atoms with Gasteiger partial charge in [-0.05, 0) is 193 Å². The third kappa shape index (κ3) is 18.0. The number of aromatic nitrogens is 18. The number of para-hydroxylation sites is 3. The number of H-pyrrole nitrogens is 3. The highest BCUT2D eigenvalue weighted by Crippen LogP contribution is 2.49. The first kappa shape index (κ1) is 96.2. The number of methoxy groups -OCH3 is 5. The van der Waals surface area contributed by atoms with Crippen molar-refractivity contribution in [1.29, 1.82) is 5.26 Å². The maximum absolute atomic E-state index is 12.8. The van der Waals surface area contributed by atoms with Crippen molar-refractivity contribution >= 4 is 156 Å². The van der Waals surface area contributed by atoms with Gasteiger partial charge in [-0.25, -0.2) is 54.6 Å². The fourth-order valence-corrected chi connectivity index (χ4v) is 22.8. The molecular weight excluding hydrogens is 1960 g/mol. The zero-order valence-corrected chi connectivity index (χ0v) is 84.9. The highest BCUT2D eigenvalue weighted by Gasteiger charge is 2.36. The first-order chi connectivity index (χ1) is 72.2. The Hall–Kier alpha value is -16.6. The number of nitrogens with one attached hydrogen (secondary N) is 3. The van der Waals surface area contributed by atoms with Gasteiger partial charge in [0.25, 0.3) is 5.91 Å². The SMILES string of the molecule is COC(=O)c1cccc2[nH]c(-c3nc(C4CCC4)n4ccnc(N)c34)cc12.COc1ccc(Br)c2cc(-c3nc(C4CCC(CCC(C)=O)CC4)n4ccnc(N)c34)[nH]c12.COc1cccc2cc(-c3nc(C4CCC(C#N)CC4)n4ccnc(N)c34)[nH]c12.COc1cccc2cc(-c3nc(C4CCC4)n4ccnc(N)c34)oc12.COc1cccc2cc(-c3nc(C4CCN(C(=O)c5ccsc5)CC4)n4ccnc(N)c34)oc12. The Kier molecular flexibility index (Phi) is 26.5. The minimum atomic E-state index is -0.364. The molecule has 1 amide bonds. The molecule has 17 heterocycles. The van der Waals surface area contributed by atoms with Crippen molar-refractivity contribution in [2.45, 2.75) is 152 Å². The number of rotatable bonds is 19. The number of amides is 1. The van der Waals surface area contributed by atoms with Crippen LogP contribution in [-0.2, 0) is 9.53 Å². The Morgan fingerprint density at radius 2 is 0.865 bits per heavy atom. The van der Waals surface area contributed by atoms with E-state index in [1.807, 2.05) is 159 Å². The van der Waals surface area contributed by atoms with Crippen LogP contribution in [0.2, 0.25) is 0 Å². The molecule has 0 radical (unpaired) electrons. The molecule has 26 rings (SSSR count). The van der Waals surface area contributed by atoms with Crippen LogP contribution in [0.4, 0.5) is 29.1 Å². The number of nitrogen functional groups attached to an aromatic ring is 5. The smallest absolute Gasteiger partial charge is 0.338 e. The van der Waals surface area contributed by atoms with Gasteiger partial charge < -0.3 is 85.8 Å². The molecule has 5 aliphatic rings. The van der Waals surface area contributed by atoms with Crippen LogP contribution in [0.25, 0.3) is 139 Å². The molecule has 0 atom stereocenters. The lowest BCUT2D eigenvalue weighted by molar-refractivity contribution is -0.117. The van der Waals surface area contributed by atoms with E-state index in [0.29, 0.717) is 124 Å². The number of anilines is 5. The molecule has 5 fully saturated rings. The summed E-state index contributed by atoms with van der Waals surface area (Å²) in [5.74, 6) is 14.0. The van der Waals surface area contributed by atoms with E-state index in [1.165, 1.54) is 20.0 Å². The number of imidazole rings is 5. The average Bonchev–Trinajstić information content (AvgIpc) is 1.62. The fraction of sp³-hybridized carbons (Fsp3) is 0.297. The molecular formula is C111H110BrN25O10S. The summed E-state index contributed by atoms with van der Waals surface area (Å²) in [6.07, 6.45) is 36.7. The maximum Gasteiger partial charge on any atom is 0.338 e. The largest absolute Gasteiger partial charge is 0.495 e. The second kappa shape index (κ2) is 40.8. The molecule has 16 aromatic heterocycles. The van der Waals surface area contributed by atoms with Crippen LogP contribution in [0, 0.1) is 23.2 Å². The van der Waals surface area contributed by atoms with Gasteiger partial charge in [-0.1, -0.05) is 71.2 Å². The van der Waals surface area contributed by atoms with Gasteiger partial charge >= 0.3 is 5.97 Å². The van der Waals surface area contributed by atoms with Crippen molar-refractivity contribution in [3.05, 3.63) is 239 Å². The van der Waals surface area contributed by atoms with Crippen LogP contribution in [0.3, 0.4) is 0 Å². The number of esters is 1. The summed E-state index contributed by atoms with van der Waals surface area (Å²) in [5, 5.41) is 17.8. The number of thiophene rings is 1. The topological polar surface area (TPSA) is 479 Å². The van der Waals surface area contributed by atoms with E-state index in [2.05, 4.69) is 87.2 Å². The summed E-state index contributed by atoms with van der Waals surface area (Å²) in [7, 11) is 7.98. The number of Topliss-reactive ketones (excluding diaryl/α,β-unsaturated/α-hetero) is 1. The summed E-state index contributed by atoms with van der Waals surface area (Å²) < 4.78 is 50.4. The standard InChI is InChI=1S/C25H28BrN5O2.C25H23N5O3S.C22H22N6O.C20H19N5O2.C19H18N4O2/c1-14(32)3-4-15-5-7-16(8-6-15)25-30-22(23-24(27)28-11-12-31(23)25)19-13-17-18(26)9-10-20(33-2)21(17)29-19;1-32-18-4-2-3-16-13-19(33-22(16)18)20-21-23(26)27-8-11-30(21)24(28-20)15-5-9-29(10-6-15)25(31)17-7-12-34-14-17;1-29-17-4-2-3-15-11-16(26-18(15)17)19-20-21(24)25-9-10-28(20)22(27-19)14-7-5-13(12-23)6-8-14;1-27-20(26)12-6-3-7-14-13(12)10-15(23-14)16-17-18(21)22-8-9-25(17)19(24-16)11-4-2-5-11;1-24-13-7-3-6-12-10-14(25-17(12)13)15-16-18(20)21-8-9-23(16)19(22-15)11-4-2-5-11/h9-13,15-16,29H,3-8H2,1-2H3,(H2,27,28);2-4,7-8,11-15H,5-6,9-10H2,1H3,(H2,26,27);2-4,9-11,13-14,26H,5-8H2,1H3,(H2,24,25);3,6-11,23H,2,4-5H2,1H3,(H2,21,22);3,6-11H,2,4-5H2,1H3,(H2,20,21). The van der Waals surface area contributed by atoms with Crippen molar-refractivity contribution in [2.24, 2.45) is 11.8 Å². The number of furan rings is 2. The van der Waals surface area contributed by atoms with Crippen molar-refractivity contribution < 1.29 is 46.9 Å². The average molecular weight is 2070 g/mol. The monoisotopic (exact) mass is 2060 g/mol. The Morgan fingerprint density at radius 3 is 1.31 bits per heavy atom. The minimum Gasteiger partial charge on any atom is -0.495 e. The Balaban J connectivity index is 0.000000105. The van der Waals surface area contributed by atoms with Gasteiger partial charge in [0.1, 0.15) is 132 Å². The summed E-state index contributed by atoms with van der Waals surface area (Å²) in [4.78, 5) is 94.9. The van der Waals surface area contributed by atoms with Crippen molar-refractivity contribution in [1.82, 2.24) is 91.7 Å². The van der Waals surface area contributed by atoms with E-state index >= 15 is 0 Å². The van der Waals surface area contributed by atoms with Crippen LogP contribution in [0.1, 0.15) is 202 Å². The number of ether oxygens (including phenoxy) is 5. The van der Waals surface area contributed by atoms with E-state index in [1.54, 1.807) is 83.8 Å². The number of carbonyl (C=O) groups is 3. The molecule has 37 heteroatoms. The van der Waals surface area contributed by atoms with Crippen LogP contribution in [0.15, 0.2) is 207 Å². The van der Waals surface area contributed by atoms with Gasteiger partial charge in [0, 0.05) is 159 Å². The highest BCUT2D eigenvalue weighted by molar-refractivity contribution is 9.10. The Labute approximate surface area is 860 Å². The van der Waals surface area contributed by atoms with E-state index in [4.69, 9.17) is 86.1 Å². The van der Waals surface area contributed by atoms with Gasteiger partial charge in [0.05, 0.1) is 80.9 Å². The zero-order valence-electron chi connectivity index (χ0n) is 82.5. The number of ketones is 1. The Bertz CT molecular complexity index is 8660. The zero-order chi connectivity index (χ0) is 102. The normalized spacial score (nSPS) is 16.6. The molecule has 148 heavy (non-hydrogen) atoms. The molecule has 21 aromatic rings. The van der Waals surface area contributed by atoms with Crippen LogP contribution >= 0.6 is 27.3 Å². The summed E-state index contributed by atoms with van der Waals surface area (Å²) in [6.45, 7) is 3.05. The fourth-order valence-electron chi connectivity index (χ4n) is 21.7. The number of piperidine rings is 1. The lowest BCUT2D eigenvalue weighted by atomic mass is 9.79.